The molecule has 156 valence electrons. The molecule has 0 spiro atoms. The minimum absolute atomic E-state index is 0.304. The van der Waals surface area contributed by atoms with E-state index in [1.165, 1.54) is 41.9 Å². The van der Waals surface area contributed by atoms with Gasteiger partial charge in [-0.15, -0.1) is 0 Å². The van der Waals surface area contributed by atoms with Gasteiger partial charge in [-0.2, -0.15) is 13.2 Å². The average Bonchev–Trinajstić information content (AvgIpc) is 2.64. The number of alkyl carbamates (subject to hydrolysis) is 1. The Morgan fingerprint density at radius 2 is 1.62 bits per heavy atom. The number of nitrogens with one attached hydrogen (secondary N) is 2. The molecule has 2 rings (SSSR count). The van der Waals surface area contributed by atoms with Gasteiger partial charge in [-0.3, -0.25) is 10.0 Å². The van der Waals surface area contributed by atoms with Gasteiger partial charge in [0.1, 0.15) is 11.6 Å². The summed E-state index contributed by atoms with van der Waals surface area (Å²) in [5.74, 6) is -0.900. The second kappa shape index (κ2) is 8.52. The summed E-state index contributed by atoms with van der Waals surface area (Å²) in [6.45, 7) is 4.95. The number of rotatable bonds is 4. The van der Waals surface area contributed by atoms with E-state index in [9.17, 15) is 22.8 Å². The van der Waals surface area contributed by atoms with Crippen molar-refractivity contribution in [1.82, 2.24) is 10.8 Å². The van der Waals surface area contributed by atoms with Crippen molar-refractivity contribution >= 4 is 12.0 Å². The first-order valence-corrected chi connectivity index (χ1v) is 8.62. The van der Waals surface area contributed by atoms with Crippen molar-refractivity contribution in [2.45, 2.75) is 38.6 Å². The van der Waals surface area contributed by atoms with Gasteiger partial charge in [0.25, 0.3) is 5.91 Å². The van der Waals surface area contributed by atoms with Crippen LogP contribution in [0, 0.1) is 0 Å². The summed E-state index contributed by atoms with van der Waals surface area (Å²) in [5, 5.41) is 11.3. The normalized spacial score (nSPS) is 12.8. The minimum Gasteiger partial charge on any atom is -0.444 e. The lowest BCUT2D eigenvalue weighted by molar-refractivity contribution is -0.137. The fourth-order valence-electron chi connectivity index (χ4n) is 2.53. The van der Waals surface area contributed by atoms with Crippen LogP contribution in [0.3, 0.4) is 0 Å². The number of hydroxylamine groups is 1. The van der Waals surface area contributed by atoms with E-state index in [-0.39, 0.29) is 0 Å². The SMILES string of the molecule is CC(C)(C)OC(=O)NC(C(=O)NO)c1ccc(-c2cccc(C(F)(F)F)c2)cc1. The molecule has 0 saturated heterocycles. The third kappa shape index (κ3) is 6.21. The van der Waals surface area contributed by atoms with E-state index in [1.54, 1.807) is 20.8 Å². The molecule has 0 bridgehead atoms. The molecule has 0 aliphatic rings. The van der Waals surface area contributed by atoms with Crippen LogP contribution < -0.4 is 10.8 Å². The molecule has 9 heteroatoms. The molecule has 2 aromatic carbocycles. The van der Waals surface area contributed by atoms with Gasteiger partial charge in [-0.05, 0) is 49.6 Å². The Morgan fingerprint density at radius 1 is 1.00 bits per heavy atom. The summed E-state index contributed by atoms with van der Waals surface area (Å²) in [5.41, 5.74) is 1.03. The molecule has 1 atom stereocenters. The standard InChI is InChI=1S/C20H21F3N2O4/c1-19(2,3)29-18(27)24-16(17(26)25-28)13-9-7-12(8-10-13)14-5-4-6-15(11-14)20(21,22)23/h4-11,16,28H,1-3H3,(H,24,27)(H,25,26). The van der Waals surface area contributed by atoms with E-state index >= 15 is 0 Å². The Morgan fingerprint density at radius 3 is 2.14 bits per heavy atom. The van der Waals surface area contributed by atoms with E-state index in [4.69, 9.17) is 9.94 Å². The van der Waals surface area contributed by atoms with Gasteiger partial charge in [-0.1, -0.05) is 36.4 Å². The van der Waals surface area contributed by atoms with Crippen LogP contribution in [0.15, 0.2) is 48.5 Å². The predicted octanol–water partition coefficient (Wildman–Crippen LogP) is 4.44. The Kier molecular flexibility index (Phi) is 6.53. The molecule has 0 radical (unpaired) electrons. The van der Waals surface area contributed by atoms with Gasteiger partial charge in [0.15, 0.2) is 0 Å². The van der Waals surface area contributed by atoms with Crippen LogP contribution in [0.5, 0.6) is 0 Å². The molecule has 0 saturated carbocycles. The highest BCUT2D eigenvalue weighted by Crippen LogP contribution is 2.32. The van der Waals surface area contributed by atoms with Crippen LogP contribution in [-0.2, 0) is 15.7 Å². The zero-order chi connectivity index (χ0) is 21.8. The second-order valence-corrected chi connectivity index (χ2v) is 7.26. The van der Waals surface area contributed by atoms with Gasteiger partial charge in [-0.25, -0.2) is 10.3 Å². The summed E-state index contributed by atoms with van der Waals surface area (Å²) >= 11 is 0. The fourth-order valence-corrected chi connectivity index (χ4v) is 2.53. The molecule has 0 heterocycles. The van der Waals surface area contributed by atoms with Crippen molar-refractivity contribution in [2.75, 3.05) is 0 Å². The molecule has 6 nitrogen and oxygen atoms in total. The lowest BCUT2D eigenvalue weighted by Crippen LogP contribution is -2.41. The van der Waals surface area contributed by atoms with Gasteiger partial charge in [0.05, 0.1) is 5.56 Å². The number of ether oxygens (including phenoxy) is 1. The number of halogens is 3. The predicted molar refractivity (Wildman–Crippen MR) is 98.9 cm³/mol. The first-order chi connectivity index (χ1) is 13.4. The third-order valence-corrected chi connectivity index (χ3v) is 3.80. The average molecular weight is 410 g/mol. The Balaban J connectivity index is 2.27. The molecular weight excluding hydrogens is 389 g/mol. The summed E-state index contributed by atoms with van der Waals surface area (Å²) in [6.07, 6.45) is -5.33. The molecule has 0 aliphatic carbocycles. The third-order valence-electron chi connectivity index (χ3n) is 3.80. The minimum atomic E-state index is -4.46. The van der Waals surface area contributed by atoms with Gasteiger partial charge < -0.3 is 10.1 Å². The van der Waals surface area contributed by atoms with E-state index in [0.717, 1.165) is 12.1 Å². The Bertz CT molecular complexity index is 875. The summed E-state index contributed by atoms with van der Waals surface area (Å²) in [6, 6.07) is 9.53. The molecule has 0 aliphatic heterocycles. The zero-order valence-electron chi connectivity index (χ0n) is 16.0. The smallest absolute Gasteiger partial charge is 0.416 e. The molecule has 0 aromatic heterocycles. The molecule has 2 aromatic rings. The molecule has 0 fully saturated rings. The number of alkyl halides is 3. The van der Waals surface area contributed by atoms with Crippen molar-refractivity contribution < 1.29 is 32.7 Å². The Labute approximate surface area is 165 Å². The fraction of sp³-hybridized carbons (Fsp3) is 0.300. The van der Waals surface area contributed by atoms with Crippen molar-refractivity contribution in [3.8, 4) is 11.1 Å². The maximum atomic E-state index is 12.9. The van der Waals surface area contributed by atoms with E-state index in [1.807, 2.05) is 0 Å². The maximum Gasteiger partial charge on any atom is 0.416 e. The topological polar surface area (TPSA) is 87.7 Å². The molecule has 3 N–H and O–H groups in total. The lowest BCUT2D eigenvalue weighted by atomic mass is 9.99. The van der Waals surface area contributed by atoms with Crippen molar-refractivity contribution in [1.29, 1.82) is 0 Å². The molecule has 2 amide bonds. The summed E-state index contributed by atoms with van der Waals surface area (Å²) in [4.78, 5) is 23.9. The first-order valence-electron chi connectivity index (χ1n) is 8.62. The zero-order valence-corrected chi connectivity index (χ0v) is 16.0. The van der Waals surface area contributed by atoms with Crippen LogP contribution in [0.4, 0.5) is 18.0 Å². The lowest BCUT2D eigenvalue weighted by Gasteiger charge is -2.23. The van der Waals surface area contributed by atoms with E-state index in [0.29, 0.717) is 16.7 Å². The van der Waals surface area contributed by atoms with Gasteiger partial charge in [0.2, 0.25) is 0 Å². The van der Waals surface area contributed by atoms with E-state index in [2.05, 4.69) is 5.32 Å². The highest BCUT2D eigenvalue weighted by atomic mass is 19.4. The number of carbonyl (C=O) groups is 2. The van der Waals surface area contributed by atoms with Crippen molar-refractivity contribution in [3.05, 3.63) is 59.7 Å². The number of benzene rings is 2. The maximum absolute atomic E-state index is 12.9. The van der Waals surface area contributed by atoms with Crippen molar-refractivity contribution in [3.63, 3.8) is 0 Å². The second-order valence-electron chi connectivity index (χ2n) is 7.26. The van der Waals surface area contributed by atoms with E-state index < -0.39 is 35.4 Å². The summed E-state index contributed by atoms with van der Waals surface area (Å²) in [7, 11) is 0. The number of hydrogen-bond acceptors (Lipinski definition) is 4. The van der Waals surface area contributed by atoms with Crippen LogP contribution in [0.25, 0.3) is 11.1 Å². The van der Waals surface area contributed by atoms with Crippen molar-refractivity contribution in [2.24, 2.45) is 0 Å². The number of carbonyl (C=O) groups excluding carboxylic acids is 2. The van der Waals surface area contributed by atoms with Gasteiger partial charge >= 0.3 is 12.3 Å². The Hall–Kier alpha value is -3.07. The molecule has 29 heavy (non-hydrogen) atoms. The summed E-state index contributed by atoms with van der Waals surface area (Å²) < 4.78 is 43.8. The number of amides is 2. The first kappa shape index (κ1) is 22.2. The highest BCUT2D eigenvalue weighted by molar-refractivity contribution is 5.86. The molecule has 1 unspecified atom stereocenters. The quantitative estimate of drug-likeness (QED) is 0.514. The van der Waals surface area contributed by atoms with Crippen LogP contribution in [0.2, 0.25) is 0 Å². The van der Waals surface area contributed by atoms with Crippen LogP contribution in [0.1, 0.15) is 37.9 Å². The number of hydrogen-bond donors (Lipinski definition) is 3. The van der Waals surface area contributed by atoms with Crippen LogP contribution >= 0.6 is 0 Å². The highest BCUT2D eigenvalue weighted by Gasteiger charge is 2.30. The van der Waals surface area contributed by atoms with Gasteiger partial charge in [0, 0.05) is 0 Å². The monoisotopic (exact) mass is 410 g/mol. The van der Waals surface area contributed by atoms with Crippen LogP contribution in [-0.4, -0.2) is 22.8 Å². The largest absolute Gasteiger partial charge is 0.444 e. The molecular formula is C20H21F3N2O4.